The third-order valence-electron chi connectivity index (χ3n) is 2.64. The van der Waals surface area contributed by atoms with Crippen LogP contribution in [0.15, 0.2) is 12.3 Å². The van der Waals surface area contributed by atoms with Gasteiger partial charge in [-0.1, -0.05) is 25.4 Å². The minimum absolute atomic E-state index is 0.166. The molecule has 0 aromatic carbocycles. The van der Waals surface area contributed by atoms with Crippen LogP contribution in [0.25, 0.3) is 0 Å². The van der Waals surface area contributed by atoms with E-state index >= 15 is 0 Å². The molecule has 0 aliphatic heterocycles. The molecular formula is C13H19ClF3N3. The molecule has 1 N–H and O–H groups in total. The van der Waals surface area contributed by atoms with Crippen molar-refractivity contribution in [3.8, 4) is 0 Å². The smallest absolute Gasteiger partial charge is 0.347 e. The Morgan fingerprint density at radius 3 is 2.50 bits per heavy atom. The number of hydrogen-bond acceptors (Lipinski definition) is 3. The Bertz CT molecular complexity index is 435. The summed E-state index contributed by atoms with van der Waals surface area (Å²) in [5.41, 5.74) is 0.843. The molecule has 20 heavy (non-hydrogen) atoms. The Labute approximate surface area is 122 Å². The standard InChI is InChI=1S/C13H19ClF3N3/c1-4-20(8-13(15,16)17)12-11(14)5-10(7-19-12)6-18-9(2)3/h5,7,9,18H,4,6,8H2,1-3H3. The number of hydrogen-bond donors (Lipinski definition) is 1. The van der Waals surface area contributed by atoms with Crippen molar-refractivity contribution < 1.29 is 13.2 Å². The molecular weight excluding hydrogens is 291 g/mol. The highest BCUT2D eigenvalue weighted by atomic mass is 35.5. The molecule has 0 saturated carbocycles. The predicted molar refractivity (Wildman–Crippen MR) is 75.2 cm³/mol. The van der Waals surface area contributed by atoms with Crippen molar-refractivity contribution >= 4 is 17.4 Å². The van der Waals surface area contributed by atoms with Crippen LogP contribution in [-0.2, 0) is 6.54 Å². The quantitative estimate of drug-likeness (QED) is 0.870. The van der Waals surface area contributed by atoms with Crippen molar-refractivity contribution in [3.63, 3.8) is 0 Å². The molecule has 0 saturated heterocycles. The van der Waals surface area contributed by atoms with Crippen molar-refractivity contribution in [1.82, 2.24) is 10.3 Å². The summed E-state index contributed by atoms with van der Waals surface area (Å²) in [6.45, 7) is 5.36. The van der Waals surface area contributed by atoms with E-state index in [1.807, 2.05) is 13.8 Å². The van der Waals surface area contributed by atoms with Crippen LogP contribution in [0.5, 0.6) is 0 Å². The normalized spacial score (nSPS) is 12.0. The first-order valence-corrected chi connectivity index (χ1v) is 6.80. The summed E-state index contributed by atoms with van der Waals surface area (Å²) in [7, 11) is 0. The van der Waals surface area contributed by atoms with Crippen LogP contribution in [0.2, 0.25) is 5.02 Å². The van der Waals surface area contributed by atoms with E-state index in [-0.39, 0.29) is 17.4 Å². The summed E-state index contributed by atoms with van der Waals surface area (Å²) in [6, 6.07) is 1.96. The Morgan fingerprint density at radius 1 is 1.40 bits per heavy atom. The zero-order chi connectivity index (χ0) is 15.3. The van der Waals surface area contributed by atoms with Crippen LogP contribution in [0.4, 0.5) is 19.0 Å². The first kappa shape index (κ1) is 17.0. The summed E-state index contributed by atoms with van der Waals surface area (Å²) in [5, 5.41) is 3.43. The summed E-state index contributed by atoms with van der Waals surface area (Å²) >= 11 is 6.05. The van der Waals surface area contributed by atoms with Gasteiger partial charge in [-0.05, 0) is 18.6 Å². The average Bonchev–Trinajstić information content (AvgIpc) is 2.33. The SMILES string of the molecule is CCN(CC(F)(F)F)c1ncc(CNC(C)C)cc1Cl. The largest absolute Gasteiger partial charge is 0.405 e. The second kappa shape index (κ2) is 7.13. The first-order valence-electron chi connectivity index (χ1n) is 6.42. The van der Waals surface area contributed by atoms with Gasteiger partial charge in [0, 0.05) is 25.3 Å². The molecule has 7 heteroatoms. The lowest BCUT2D eigenvalue weighted by Gasteiger charge is -2.24. The summed E-state index contributed by atoms with van der Waals surface area (Å²) in [6.07, 6.45) is -2.73. The molecule has 1 aromatic rings. The van der Waals surface area contributed by atoms with Gasteiger partial charge in [-0.15, -0.1) is 0 Å². The molecule has 1 heterocycles. The van der Waals surface area contributed by atoms with Gasteiger partial charge in [0.15, 0.2) is 0 Å². The van der Waals surface area contributed by atoms with Gasteiger partial charge in [-0.25, -0.2) is 4.98 Å². The van der Waals surface area contributed by atoms with Crippen LogP contribution >= 0.6 is 11.6 Å². The minimum atomic E-state index is -4.28. The maximum absolute atomic E-state index is 12.5. The fourth-order valence-electron chi connectivity index (χ4n) is 1.67. The molecule has 0 aliphatic carbocycles. The van der Waals surface area contributed by atoms with Crippen molar-refractivity contribution in [2.45, 2.75) is 39.5 Å². The fourth-order valence-corrected chi connectivity index (χ4v) is 1.98. The van der Waals surface area contributed by atoms with Gasteiger partial charge in [-0.2, -0.15) is 13.2 Å². The second-order valence-electron chi connectivity index (χ2n) is 4.81. The number of anilines is 1. The van der Waals surface area contributed by atoms with Crippen LogP contribution in [0.3, 0.4) is 0 Å². The van der Waals surface area contributed by atoms with E-state index < -0.39 is 12.7 Å². The predicted octanol–water partition coefficient (Wildman–Crippen LogP) is 3.62. The summed E-state index contributed by atoms with van der Waals surface area (Å²) in [4.78, 5) is 5.18. The number of rotatable bonds is 6. The van der Waals surface area contributed by atoms with Gasteiger partial charge in [-0.3, -0.25) is 0 Å². The lowest BCUT2D eigenvalue weighted by Crippen LogP contribution is -2.34. The third kappa shape index (κ3) is 5.54. The van der Waals surface area contributed by atoms with Crippen molar-refractivity contribution in [3.05, 3.63) is 22.8 Å². The molecule has 1 rings (SSSR count). The molecule has 0 unspecified atom stereocenters. The molecule has 0 atom stereocenters. The molecule has 1 aromatic heterocycles. The number of alkyl halides is 3. The lowest BCUT2D eigenvalue weighted by molar-refractivity contribution is -0.119. The number of aromatic nitrogens is 1. The van der Waals surface area contributed by atoms with Crippen molar-refractivity contribution in [2.24, 2.45) is 0 Å². The fraction of sp³-hybridized carbons (Fsp3) is 0.615. The Balaban J connectivity index is 2.85. The van der Waals surface area contributed by atoms with E-state index in [9.17, 15) is 13.2 Å². The van der Waals surface area contributed by atoms with Gasteiger partial charge >= 0.3 is 6.18 Å². The zero-order valence-corrected chi connectivity index (χ0v) is 12.5. The highest BCUT2D eigenvalue weighted by Gasteiger charge is 2.31. The van der Waals surface area contributed by atoms with Crippen LogP contribution in [0.1, 0.15) is 26.3 Å². The Morgan fingerprint density at radius 2 is 2.05 bits per heavy atom. The van der Waals surface area contributed by atoms with Crippen molar-refractivity contribution in [1.29, 1.82) is 0 Å². The van der Waals surface area contributed by atoms with Crippen molar-refractivity contribution in [2.75, 3.05) is 18.0 Å². The van der Waals surface area contributed by atoms with Gasteiger partial charge in [0.05, 0.1) is 5.02 Å². The number of pyridine rings is 1. The molecule has 114 valence electrons. The van der Waals surface area contributed by atoms with Gasteiger partial charge in [0.25, 0.3) is 0 Å². The van der Waals surface area contributed by atoms with E-state index in [4.69, 9.17) is 11.6 Å². The molecule has 0 amide bonds. The monoisotopic (exact) mass is 309 g/mol. The summed E-state index contributed by atoms with van der Waals surface area (Å²) in [5.74, 6) is 0.166. The molecule has 0 bridgehead atoms. The number of nitrogens with zero attached hydrogens (tertiary/aromatic N) is 2. The van der Waals surface area contributed by atoms with Crippen LogP contribution in [0, 0.1) is 0 Å². The van der Waals surface area contributed by atoms with E-state index in [1.165, 1.54) is 0 Å². The van der Waals surface area contributed by atoms with E-state index in [0.717, 1.165) is 10.5 Å². The molecule has 0 aliphatic rings. The maximum Gasteiger partial charge on any atom is 0.405 e. The third-order valence-corrected chi connectivity index (χ3v) is 2.92. The molecule has 0 fully saturated rings. The number of halogens is 4. The Kier molecular flexibility index (Phi) is 6.07. The zero-order valence-electron chi connectivity index (χ0n) is 11.8. The van der Waals surface area contributed by atoms with Crippen LogP contribution < -0.4 is 10.2 Å². The van der Waals surface area contributed by atoms with E-state index in [2.05, 4.69) is 10.3 Å². The topological polar surface area (TPSA) is 28.2 Å². The van der Waals surface area contributed by atoms with E-state index in [0.29, 0.717) is 12.6 Å². The number of nitrogens with one attached hydrogen (secondary N) is 1. The van der Waals surface area contributed by atoms with Gasteiger partial charge in [0.1, 0.15) is 12.4 Å². The molecule has 3 nitrogen and oxygen atoms in total. The molecule has 0 spiro atoms. The highest BCUT2D eigenvalue weighted by Crippen LogP contribution is 2.27. The van der Waals surface area contributed by atoms with Gasteiger partial charge < -0.3 is 10.2 Å². The molecule has 0 radical (unpaired) electrons. The minimum Gasteiger partial charge on any atom is -0.347 e. The Hall–Kier alpha value is -1.01. The summed E-state index contributed by atoms with van der Waals surface area (Å²) < 4.78 is 37.4. The highest BCUT2D eigenvalue weighted by molar-refractivity contribution is 6.33. The van der Waals surface area contributed by atoms with E-state index in [1.54, 1.807) is 19.2 Å². The van der Waals surface area contributed by atoms with Gasteiger partial charge in [0.2, 0.25) is 0 Å². The lowest BCUT2D eigenvalue weighted by atomic mass is 10.2. The second-order valence-corrected chi connectivity index (χ2v) is 5.22. The average molecular weight is 310 g/mol. The maximum atomic E-state index is 12.5. The first-order chi connectivity index (χ1) is 9.23. The van der Waals surface area contributed by atoms with Crippen LogP contribution in [-0.4, -0.2) is 30.3 Å².